The predicted molar refractivity (Wildman–Crippen MR) is 95.7 cm³/mol. The molecule has 0 radical (unpaired) electrons. The summed E-state index contributed by atoms with van der Waals surface area (Å²) in [6.45, 7) is 6.89. The Balaban J connectivity index is 2.21. The van der Waals surface area contributed by atoms with Crippen LogP contribution in [0.25, 0.3) is 22.4 Å². The van der Waals surface area contributed by atoms with Crippen LogP contribution in [0.4, 0.5) is 0 Å². The topological polar surface area (TPSA) is 37.8 Å². The van der Waals surface area contributed by atoms with E-state index in [4.69, 9.17) is 0 Å². The third kappa shape index (κ3) is 3.00. The van der Waals surface area contributed by atoms with Crippen molar-refractivity contribution in [1.82, 2.24) is 9.78 Å². The van der Waals surface area contributed by atoms with Gasteiger partial charge in [-0.15, -0.1) is 0 Å². The molecule has 0 saturated carbocycles. The van der Waals surface area contributed by atoms with Gasteiger partial charge in [-0.25, -0.2) is 0 Å². The zero-order valence-electron chi connectivity index (χ0n) is 13.9. The van der Waals surface area contributed by atoms with Gasteiger partial charge in [0.05, 0.1) is 11.3 Å². The molecule has 1 heterocycles. The summed E-state index contributed by atoms with van der Waals surface area (Å²) < 4.78 is 1.71. The SMILES string of the molecule is CCCn1[nH]c(-c2ccc(C)cc2)c(-c2ccc(C)cc2)c1=O. The lowest BCUT2D eigenvalue weighted by atomic mass is 10.00. The van der Waals surface area contributed by atoms with Crippen molar-refractivity contribution in [2.24, 2.45) is 0 Å². The van der Waals surface area contributed by atoms with Crippen LogP contribution < -0.4 is 5.56 Å². The Morgan fingerprint density at radius 1 is 0.870 bits per heavy atom. The van der Waals surface area contributed by atoms with Crippen molar-refractivity contribution in [3.63, 3.8) is 0 Å². The molecule has 0 unspecified atom stereocenters. The lowest BCUT2D eigenvalue weighted by Crippen LogP contribution is -2.17. The minimum atomic E-state index is 0.0475. The molecule has 0 fully saturated rings. The molecule has 0 aliphatic carbocycles. The summed E-state index contributed by atoms with van der Waals surface area (Å²) in [6.07, 6.45) is 0.918. The molecule has 0 bridgehead atoms. The van der Waals surface area contributed by atoms with Gasteiger partial charge in [0.2, 0.25) is 0 Å². The van der Waals surface area contributed by atoms with Crippen LogP contribution in [0.5, 0.6) is 0 Å². The zero-order chi connectivity index (χ0) is 16.4. The number of hydrogen-bond acceptors (Lipinski definition) is 1. The number of nitrogens with one attached hydrogen (secondary N) is 1. The van der Waals surface area contributed by atoms with Crippen molar-refractivity contribution >= 4 is 0 Å². The molecule has 3 aromatic rings. The minimum Gasteiger partial charge on any atom is -0.294 e. The lowest BCUT2D eigenvalue weighted by Gasteiger charge is -2.04. The van der Waals surface area contributed by atoms with Gasteiger partial charge >= 0.3 is 0 Å². The van der Waals surface area contributed by atoms with E-state index in [2.05, 4.69) is 50.1 Å². The second-order valence-electron chi connectivity index (χ2n) is 6.05. The number of hydrogen-bond donors (Lipinski definition) is 1. The van der Waals surface area contributed by atoms with Gasteiger partial charge in [-0.05, 0) is 25.8 Å². The Labute approximate surface area is 136 Å². The first kappa shape index (κ1) is 15.3. The van der Waals surface area contributed by atoms with Crippen LogP contribution in [-0.2, 0) is 6.54 Å². The molecule has 118 valence electrons. The van der Waals surface area contributed by atoms with Gasteiger partial charge in [0.15, 0.2) is 0 Å². The number of nitrogens with zero attached hydrogens (tertiary/aromatic N) is 1. The first-order valence-electron chi connectivity index (χ1n) is 8.07. The number of aryl methyl sites for hydroxylation is 3. The van der Waals surface area contributed by atoms with Crippen LogP contribution in [0.15, 0.2) is 53.3 Å². The molecule has 0 atom stereocenters. The van der Waals surface area contributed by atoms with E-state index in [1.54, 1.807) is 4.68 Å². The lowest BCUT2D eigenvalue weighted by molar-refractivity contribution is 0.587. The summed E-state index contributed by atoms with van der Waals surface area (Å²) in [6, 6.07) is 16.4. The highest BCUT2D eigenvalue weighted by Crippen LogP contribution is 2.28. The van der Waals surface area contributed by atoms with E-state index in [0.717, 1.165) is 28.8 Å². The van der Waals surface area contributed by atoms with E-state index in [0.29, 0.717) is 6.54 Å². The van der Waals surface area contributed by atoms with Crippen LogP contribution in [0.1, 0.15) is 24.5 Å². The molecular weight excluding hydrogens is 284 g/mol. The van der Waals surface area contributed by atoms with Gasteiger partial charge in [0, 0.05) is 12.1 Å². The Hall–Kier alpha value is -2.55. The highest BCUT2D eigenvalue weighted by Gasteiger charge is 2.17. The van der Waals surface area contributed by atoms with Crippen LogP contribution >= 0.6 is 0 Å². The fourth-order valence-electron chi connectivity index (χ4n) is 2.78. The first-order valence-corrected chi connectivity index (χ1v) is 8.07. The Morgan fingerprint density at radius 3 is 1.91 bits per heavy atom. The molecule has 1 N–H and O–H groups in total. The van der Waals surface area contributed by atoms with E-state index >= 15 is 0 Å². The Bertz CT molecular complexity index is 852. The average Bonchev–Trinajstić information content (AvgIpc) is 2.86. The van der Waals surface area contributed by atoms with Crippen molar-refractivity contribution in [3.8, 4) is 22.4 Å². The van der Waals surface area contributed by atoms with E-state index in [1.807, 2.05) is 24.3 Å². The van der Waals surface area contributed by atoms with Crippen molar-refractivity contribution < 1.29 is 0 Å². The minimum absolute atomic E-state index is 0.0475. The largest absolute Gasteiger partial charge is 0.294 e. The summed E-state index contributed by atoms with van der Waals surface area (Å²) >= 11 is 0. The number of aromatic amines is 1. The number of aromatic nitrogens is 2. The summed E-state index contributed by atoms with van der Waals surface area (Å²) in [5.41, 5.74) is 6.09. The van der Waals surface area contributed by atoms with Gasteiger partial charge in [-0.1, -0.05) is 66.6 Å². The smallest absolute Gasteiger partial charge is 0.274 e. The predicted octanol–water partition coefficient (Wildman–Crippen LogP) is 4.54. The molecule has 0 aliphatic heterocycles. The molecule has 0 aliphatic rings. The fourth-order valence-corrected chi connectivity index (χ4v) is 2.78. The quantitative estimate of drug-likeness (QED) is 0.755. The maximum Gasteiger partial charge on any atom is 0.274 e. The Kier molecular flexibility index (Phi) is 4.20. The highest BCUT2D eigenvalue weighted by atomic mass is 16.1. The van der Waals surface area contributed by atoms with Gasteiger partial charge in [-0.3, -0.25) is 14.6 Å². The molecule has 2 aromatic carbocycles. The summed E-state index contributed by atoms with van der Waals surface area (Å²) in [4.78, 5) is 12.8. The number of rotatable bonds is 4. The number of benzene rings is 2. The molecule has 1 aromatic heterocycles. The highest BCUT2D eigenvalue weighted by molar-refractivity contribution is 5.80. The monoisotopic (exact) mass is 306 g/mol. The molecular formula is C20H22N2O. The molecule has 3 rings (SSSR count). The van der Waals surface area contributed by atoms with E-state index in [-0.39, 0.29) is 5.56 Å². The summed E-state index contributed by atoms with van der Waals surface area (Å²) in [5.74, 6) is 0. The van der Waals surface area contributed by atoms with E-state index < -0.39 is 0 Å². The maximum atomic E-state index is 12.8. The Morgan fingerprint density at radius 2 is 1.39 bits per heavy atom. The second kappa shape index (κ2) is 6.29. The van der Waals surface area contributed by atoms with Crippen LogP contribution in [0.3, 0.4) is 0 Å². The van der Waals surface area contributed by atoms with Crippen molar-refractivity contribution in [3.05, 3.63) is 70.0 Å². The maximum absolute atomic E-state index is 12.8. The van der Waals surface area contributed by atoms with Gasteiger partial charge in [0.25, 0.3) is 5.56 Å². The van der Waals surface area contributed by atoms with Crippen molar-refractivity contribution in [2.75, 3.05) is 0 Å². The summed E-state index contributed by atoms with van der Waals surface area (Å²) in [7, 11) is 0. The first-order chi connectivity index (χ1) is 11.1. The summed E-state index contributed by atoms with van der Waals surface area (Å²) in [5, 5.41) is 3.30. The third-order valence-corrected chi connectivity index (χ3v) is 4.08. The van der Waals surface area contributed by atoms with Crippen LogP contribution in [0, 0.1) is 13.8 Å². The molecule has 0 saturated heterocycles. The molecule has 0 amide bonds. The molecule has 3 nitrogen and oxygen atoms in total. The van der Waals surface area contributed by atoms with Crippen LogP contribution in [-0.4, -0.2) is 9.78 Å². The number of H-pyrrole nitrogens is 1. The molecule has 23 heavy (non-hydrogen) atoms. The van der Waals surface area contributed by atoms with E-state index in [9.17, 15) is 4.79 Å². The van der Waals surface area contributed by atoms with Crippen molar-refractivity contribution in [1.29, 1.82) is 0 Å². The molecule has 0 spiro atoms. The fraction of sp³-hybridized carbons (Fsp3) is 0.250. The second-order valence-corrected chi connectivity index (χ2v) is 6.05. The van der Waals surface area contributed by atoms with Crippen LogP contribution in [0.2, 0.25) is 0 Å². The standard InChI is InChI=1S/C20H22N2O/c1-4-13-22-20(23)18(16-9-5-14(2)6-10-16)19(21-22)17-11-7-15(3)8-12-17/h5-12,21H,4,13H2,1-3H3. The van der Waals surface area contributed by atoms with Crippen molar-refractivity contribution in [2.45, 2.75) is 33.7 Å². The normalized spacial score (nSPS) is 10.9. The molecule has 3 heteroatoms. The average molecular weight is 306 g/mol. The van der Waals surface area contributed by atoms with Gasteiger partial charge in [-0.2, -0.15) is 0 Å². The van der Waals surface area contributed by atoms with E-state index in [1.165, 1.54) is 11.1 Å². The van der Waals surface area contributed by atoms with Gasteiger partial charge < -0.3 is 0 Å². The third-order valence-electron chi connectivity index (χ3n) is 4.08. The zero-order valence-corrected chi connectivity index (χ0v) is 13.9. The van der Waals surface area contributed by atoms with Gasteiger partial charge in [0.1, 0.15) is 0 Å².